The number of anilines is 1. The van der Waals surface area contributed by atoms with E-state index in [1.54, 1.807) is 0 Å². The first-order valence-corrected chi connectivity index (χ1v) is 7.52. The third kappa shape index (κ3) is 2.43. The standard InChI is InChI=1S/C13H9ClFN3O2S/c1-21-13-16-5-7-11(17-13)20-6-18(12(7)19)10-8(14)3-2-4-9(10)15/h2-5H,6H2,1H3. The van der Waals surface area contributed by atoms with Crippen LogP contribution in [-0.2, 0) is 0 Å². The number of benzene rings is 1. The number of aromatic nitrogens is 2. The second-order valence-electron chi connectivity index (χ2n) is 4.15. The van der Waals surface area contributed by atoms with Gasteiger partial charge in [0.15, 0.2) is 11.9 Å². The molecule has 1 aliphatic rings. The molecule has 0 saturated heterocycles. The van der Waals surface area contributed by atoms with Crippen molar-refractivity contribution >= 4 is 35.0 Å². The van der Waals surface area contributed by atoms with Gasteiger partial charge in [0.05, 0.1) is 5.02 Å². The number of halogens is 2. The average Bonchev–Trinajstić information content (AvgIpc) is 2.49. The van der Waals surface area contributed by atoms with E-state index in [2.05, 4.69) is 9.97 Å². The number of nitrogens with zero attached hydrogens (tertiary/aromatic N) is 3. The summed E-state index contributed by atoms with van der Waals surface area (Å²) in [6, 6.07) is 4.21. The fourth-order valence-corrected chi connectivity index (χ4v) is 2.55. The lowest BCUT2D eigenvalue weighted by Crippen LogP contribution is -2.40. The fraction of sp³-hybridized carbons (Fsp3) is 0.154. The molecule has 3 rings (SSSR count). The summed E-state index contributed by atoms with van der Waals surface area (Å²) < 4.78 is 19.4. The molecular formula is C13H9ClFN3O2S. The van der Waals surface area contributed by atoms with Gasteiger partial charge in [0.25, 0.3) is 5.91 Å². The van der Waals surface area contributed by atoms with Gasteiger partial charge in [-0.05, 0) is 18.4 Å². The molecule has 1 amide bonds. The Hall–Kier alpha value is -1.86. The Labute approximate surface area is 129 Å². The van der Waals surface area contributed by atoms with Gasteiger partial charge in [-0.2, -0.15) is 4.98 Å². The Bertz CT molecular complexity index is 708. The van der Waals surface area contributed by atoms with Crippen LogP contribution in [0, 0.1) is 5.82 Å². The maximum atomic E-state index is 13.9. The van der Waals surface area contributed by atoms with Crippen LogP contribution in [0.4, 0.5) is 10.1 Å². The number of carbonyl (C=O) groups is 1. The SMILES string of the molecule is CSc1ncc2c(n1)OCN(c1c(F)cccc1Cl)C2=O. The minimum Gasteiger partial charge on any atom is -0.455 e. The molecule has 1 aromatic carbocycles. The first kappa shape index (κ1) is 14.1. The number of para-hydroxylation sites is 1. The van der Waals surface area contributed by atoms with Gasteiger partial charge in [-0.3, -0.25) is 9.69 Å². The van der Waals surface area contributed by atoms with E-state index in [-0.39, 0.29) is 28.9 Å². The molecule has 0 aliphatic carbocycles. The summed E-state index contributed by atoms with van der Waals surface area (Å²) in [5.41, 5.74) is 0.169. The summed E-state index contributed by atoms with van der Waals surface area (Å²) in [5, 5.41) is 0.635. The van der Waals surface area contributed by atoms with E-state index < -0.39 is 11.7 Å². The smallest absolute Gasteiger partial charge is 0.268 e. The van der Waals surface area contributed by atoms with Gasteiger partial charge in [-0.25, -0.2) is 9.37 Å². The number of ether oxygens (including phenoxy) is 1. The van der Waals surface area contributed by atoms with Crippen molar-refractivity contribution in [3.8, 4) is 5.88 Å². The molecule has 2 aromatic rings. The average molecular weight is 326 g/mol. The lowest BCUT2D eigenvalue weighted by molar-refractivity contribution is 0.0930. The second-order valence-corrected chi connectivity index (χ2v) is 5.33. The van der Waals surface area contributed by atoms with Crippen LogP contribution in [0.5, 0.6) is 5.88 Å². The lowest BCUT2D eigenvalue weighted by Gasteiger charge is -2.28. The number of carbonyl (C=O) groups excluding carboxylic acids is 1. The van der Waals surface area contributed by atoms with E-state index in [1.807, 2.05) is 6.26 Å². The lowest BCUT2D eigenvalue weighted by atomic mass is 10.2. The molecule has 21 heavy (non-hydrogen) atoms. The van der Waals surface area contributed by atoms with Crippen LogP contribution in [0.15, 0.2) is 29.6 Å². The minimum absolute atomic E-state index is 0.0104. The summed E-state index contributed by atoms with van der Waals surface area (Å²) in [4.78, 5) is 21.7. The molecule has 2 heterocycles. The molecule has 1 aliphatic heterocycles. The Morgan fingerprint density at radius 2 is 2.29 bits per heavy atom. The minimum atomic E-state index is -0.593. The highest BCUT2D eigenvalue weighted by molar-refractivity contribution is 7.98. The number of thioether (sulfide) groups is 1. The number of fused-ring (bicyclic) bond motifs is 1. The van der Waals surface area contributed by atoms with Crippen LogP contribution >= 0.6 is 23.4 Å². The number of hydrogen-bond acceptors (Lipinski definition) is 5. The molecule has 8 heteroatoms. The van der Waals surface area contributed by atoms with Gasteiger partial charge in [0.2, 0.25) is 5.88 Å². The van der Waals surface area contributed by atoms with Gasteiger partial charge >= 0.3 is 0 Å². The van der Waals surface area contributed by atoms with E-state index in [1.165, 1.54) is 36.2 Å². The van der Waals surface area contributed by atoms with E-state index in [4.69, 9.17) is 16.3 Å². The van der Waals surface area contributed by atoms with Crippen LogP contribution in [0.2, 0.25) is 5.02 Å². The molecule has 0 unspecified atom stereocenters. The van der Waals surface area contributed by atoms with E-state index in [0.717, 1.165) is 4.90 Å². The zero-order valence-corrected chi connectivity index (χ0v) is 12.4. The van der Waals surface area contributed by atoms with E-state index in [0.29, 0.717) is 5.16 Å². The molecule has 0 bridgehead atoms. The maximum absolute atomic E-state index is 13.9. The molecule has 0 fully saturated rings. The molecule has 5 nitrogen and oxygen atoms in total. The van der Waals surface area contributed by atoms with E-state index >= 15 is 0 Å². The van der Waals surface area contributed by atoms with Crippen LogP contribution in [-0.4, -0.2) is 28.9 Å². The van der Waals surface area contributed by atoms with Crippen LogP contribution < -0.4 is 9.64 Å². The first-order chi connectivity index (χ1) is 10.1. The zero-order valence-electron chi connectivity index (χ0n) is 10.8. The summed E-state index contributed by atoms with van der Waals surface area (Å²) in [6.07, 6.45) is 3.19. The molecular weight excluding hydrogens is 317 g/mol. The van der Waals surface area contributed by atoms with Crippen molar-refractivity contribution in [1.29, 1.82) is 0 Å². The molecule has 0 radical (unpaired) electrons. The van der Waals surface area contributed by atoms with Crippen molar-refractivity contribution in [3.05, 3.63) is 40.8 Å². The number of amides is 1. The summed E-state index contributed by atoms with van der Waals surface area (Å²) in [6.45, 7) is -0.155. The van der Waals surface area contributed by atoms with Gasteiger partial charge in [0, 0.05) is 6.20 Å². The van der Waals surface area contributed by atoms with Crippen molar-refractivity contribution < 1.29 is 13.9 Å². The molecule has 0 atom stereocenters. The third-order valence-electron chi connectivity index (χ3n) is 2.93. The highest BCUT2D eigenvalue weighted by Crippen LogP contribution is 2.33. The molecule has 1 aromatic heterocycles. The Morgan fingerprint density at radius 3 is 3.00 bits per heavy atom. The monoisotopic (exact) mass is 325 g/mol. The van der Waals surface area contributed by atoms with Crippen LogP contribution in [0.1, 0.15) is 10.4 Å². The highest BCUT2D eigenvalue weighted by Gasteiger charge is 2.31. The number of rotatable bonds is 2. The second kappa shape index (κ2) is 5.50. The van der Waals surface area contributed by atoms with Crippen LogP contribution in [0.3, 0.4) is 0 Å². The third-order valence-corrected chi connectivity index (χ3v) is 3.79. The topological polar surface area (TPSA) is 55.3 Å². The van der Waals surface area contributed by atoms with Gasteiger partial charge in [0.1, 0.15) is 17.1 Å². The van der Waals surface area contributed by atoms with Crippen LogP contribution in [0.25, 0.3) is 0 Å². The largest absolute Gasteiger partial charge is 0.455 e. The van der Waals surface area contributed by atoms with Gasteiger partial charge < -0.3 is 4.74 Å². The van der Waals surface area contributed by atoms with Gasteiger partial charge in [-0.15, -0.1) is 0 Å². The predicted octanol–water partition coefficient (Wildman–Crippen LogP) is 2.99. The molecule has 108 valence electrons. The molecule has 0 N–H and O–H groups in total. The van der Waals surface area contributed by atoms with Crippen molar-refractivity contribution in [2.75, 3.05) is 17.9 Å². The fourth-order valence-electron chi connectivity index (χ4n) is 1.95. The zero-order chi connectivity index (χ0) is 15.0. The normalized spacial score (nSPS) is 13.9. The Morgan fingerprint density at radius 1 is 1.48 bits per heavy atom. The summed E-state index contributed by atoms with van der Waals surface area (Å²) >= 11 is 7.32. The quantitative estimate of drug-likeness (QED) is 0.627. The van der Waals surface area contributed by atoms with Crippen molar-refractivity contribution in [2.45, 2.75) is 5.16 Å². The Balaban J connectivity index is 2.03. The van der Waals surface area contributed by atoms with E-state index in [9.17, 15) is 9.18 Å². The maximum Gasteiger partial charge on any atom is 0.268 e. The predicted molar refractivity (Wildman–Crippen MR) is 77.5 cm³/mol. The van der Waals surface area contributed by atoms with Crippen molar-refractivity contribution in [3.63, 3.8) is 0 Å². The summed E-state index contributed by atoms with van der Waals surface area (Å²) in [5.74, 6) is -0.844. The summed E-state index contributed by atoms with van der Waals surface area (Å²) in [7, 11) is 0. The van der Waals surface area contributed by atoms with Crippen molar-refractivity contribution in [2.24, 2.45) is 0 Å². The highest BCUT2D eigenvalue weighted by atomic mass is 35.5. The number of hydrogen-bond donors (Lipinski definition) is 0. The molecule has 0 saturated carbocycles. The van der Waals surface area contributed by atoms with Crippen molar-refractivity contribution in [1.82, 2.24) is 9.97 Å². The molecule has 0 spiro atoms. The van der Waals surface area contributed by atoms with Gasteiger partial charge in [-0.1, -0.05) is 29.4 Å². The Kier molecular flexibility index (Phi) is 3.69. The first-order valence-electron chi connectivity index (χ1n) is 5.91.